The van der Waals surface area contributed by atoms with Gasteiger partial charge >= 0.3 is 6.03 Å². The molecule has 2 aliphatic rings. The number of aryl methyl sites for hydroxylation is 1. The Morgan fingerprint density at radius 3 is 2.42 bits per heavy atom. The van der Waals surface area contributed by atoms with E-state index in [1.807, 2.05) is 54.6 Å². The van der Waals surface area contributed by atoms with E-state index in [0.717, 1.165) is 28.9 Å². The topological polar surface area (TPSA) is 87.7 Å². The second-order valence-electron chi connectivity index (χ2n) is 8.23. The van der Waals surface area contributed by atoms with Gasteiger partial charge < -0.3 is 15.4 Å². The van der Waals surface area contributed by atoms with Crippen LogP contribution in [-0.4, -0.2) is 29.3 Å². The van der Waals surface area contributed by atoms with Crippen molar-refractivity contribution in [1.82, 2.24) is 10.2 Å². The lowest BCUT2D eigenvalue weighted by Gasteiger charge is -2.33. The summed E-state index contributed by atoms with van der Waals surface area (Å²) in [5.74, 6) is 0.523. The Bertz CT molecular complexity index is 1210. The van der Waals surface area contributed by atoms with Crippen LogP contribution in [0.15, 0.2) is 78.9 Å². The molecule has 5 rings (SSSR count). The number of carbonyl (C=O) groups is 3. The summed E-state index contributed by atoms with van der Waals surface area (Å²) in [6.07, 6.45) is 2.18. The first-order valence-corrected chi connectivity index (χ1v) is 10.9. The molecular weight excluding hydrogens is 418 g/mol. The summed E-state index contributed by atoms with van der Waals surface area (Å²) in [6, 6.07) is 23.4. The molecule has 1 spiro atoms. The minimum Gasteiger partial charge on any atom is -0.457 e. The fraction of sp³-hybridized carbons (Fsp3) is 0.192. The maximum atomic E-state index is 13.3. The molecule has 1 saturated heterocycles. The molecule has 0 radical (unpaired) electrons. The maximum Gasteiger partial charge on any atom is 0.325 e. The number of hydrogen-bond donors (Lipinski definition) is 2. The molecule has 1 unspecified atom stereocenters. The monoisotopic (exact) mass is 441 g/mol. The molecule has 0 saturated carbocycles. The van der Waals surface area contributed by atoms with Gasteiger partial charge in [0.25, 0.3) is 5.91 Å². The van der Waals surface area contributed by atoms with Crippen molar-refractivity contribution in [2.75, 3.05) is 11.9 Å². The number of ether oxygens (including phenoxy) is 1. The Kier molecular flexibility index (Phi) is 5.30. The lowest BCUT2D eigenvalue weighted by Crippen LogP contribution is -2.47. The number of imide groups is 1. The minimum absolute atomic E-state index is 0.350. The third-order valence-electron chi connectivity index (χ3n) is 6.07. The first-order chi connectivity index (χ1) is 16.0. The number of rotatable bonds is 5. The summed E-state index contributed by atoms with van der Waals surface area (Å²) < 4.78 is 5.75. The van der Waals surface area contributed by atoms with Gasteiger partial charge in [0.2, 0.25) is 5.91 Å². The first kappa shape index (κ1) is 20.8. The van der Waals surface area contributed by atoms with Crippen LogP contribution in [0.4, 0.5) is 10.5 Å². The molecule has 1 fully saturated rings. The largest absolute Gasteiger partial charge is 0.457 e. The number of anilines is 1. The maximum absolute atomic E-state index is 13.3. The van der Waals surface area contributed by atoms with E-state index in [9.17, 15) is 14.4 Å². The quantitative estimate of drug-likeness (QED) is 0.581. The molecule has 1 aliphatic heterocycles. The predicted octanol–water partition coefficient (Wildman–Crippen LogP) is 4.20. The highest BCUT2D eigenvalue weighted by molar-refractivity contribution is 6.10. The molecule has 1 atom stereocenters. The number of urea groups is 1. The molecule has 1 aliphatic carbocycles. The minimum atomic E-state index is -1.08. The third kappa shape index (κ3) is 3.93. The number of para-hydroxylation sites is 1. The summed E-state index contributed by atoms with van der Waals surface area (Å²) in [5, 5.41) is 5.61. The van der Waals surface area contributed by atoms with Gasteiger partial charge in [0.05, 0.1) is 0 Å². The number of hydrogen-bond acceptors (Lipinski definition) is 4. The van der Waals surface area contributed by atoms with Gasteiger partial charge in [-0.1, -0.05) is 42.5 Å². The summed E-state index contributed by atoms with van der Waals surface area (Å²) >= 11 is 0. The van der Waals surface area contributed by atoms with E-state index in [4.69, 9.17) is 4.74 Å². The fourth-order valence-electron chi connectivity index (χ4n) is 4.53. The van der Waals surface area contributed by atoms with Crippen molar-refractivity contribution in [3.8, 4) is 11.5 Å². The van der Waals surface area contributed by atoms with E-state index >= 15 is 0 Å². The summed E-state index contributed by atoms with van der Waals surface area (Å²) in [4.78, 5) is 39.6. The Hall–Kier alpha value is -4.13. The van der Waals surface area contributed by atoms with Crippen LogP contribution in [0.25, 0.3) is 0 Å². The number of fused-ring (bicyclic) bond motifs is 2. The summed E-state index contributed by atoms with van der Waals surface area (Å²) in [5.41, 5.74) is 1.35. The standard InChI is InChI=1S/C26H23N3O4/c30-23(27-19-12-14-21(15-13-19)33-20-9-2-1-3-10-20)17-29-24(31)26(28-25(29)32)16-6-8-18-7-4-5-11-22(18)26/h1-5,7,9-15H,6,8,16-17H2,(H,27,30)(H,28,32). The van der Waals surface area contributed by atoms with Gasteiger partial charge in [-0.2, -0.15) is 0 Å². The van der Waals surface area contributed by atoms with E-state index in [1.165, 1.54) is 0 Å². The average molecular weight is 441 g/mol. The van der Waals surface area contributed by atoms with E-state index in [0.29, 0.717) is 23.6 Å². The molecule has 1 heterocycles. The molecule has 166 valence electrons. The smallest absolute Gasteiger partial charge is 0.325 e. The van der Waals surface area contributed by atoms with Gasteiger partial charge in [0.1, 0.15) is 23.6 Å². The highest BCUT2D eigenvalue weighted by Crippen LogP contribution is 2.39. The molecule has 2 N–H and O–H groups in total. The number of nitrogens with zero attached hydrogens (tertiary/aromatic N) is 1. The van der Waals surface area contributed by atoms with Crippen molar-refractivity contribution in [1.29, 1.82) is 0 Å². The van der Waals surface area contributed by atoms with Gasteiger partial charge in [-0.15, -0.1) is 0 Å². The van der Waals surface area contributed by atoms with Crippen molar-refractivity contribution in [3.63, 3.8) is 0 Å². The molecule has 33 heavy (non-hydrogen) atoms. The fourth-order valence-corrected chi connectivity index (χ4v) is 4.53. The van der Waals surface area contributed by atoms with Crippen LogP contribution in [0.1, 0.15) is 24.0 Å². The van der Waals surface area contributed by atoms with E-state index < -0.39 is 17.5 Å². The van der Waals surface area contributed by atoms with Crippen molar-refractivity contribution in [2.45, 2.75) is 24.8 Å². The van der Waals surface area contributed by atoms with Gasteiger partial charge in [-0.05, 0) is 66.8 Å². The Balaban J connectivity index is 1.25. The van der Waals surface area contributed by atoms with Crippen molar-refractivity contribution in [2.24, 2.45) is 0 Å². The molecule has 7 heteroatoms. The predicted molar refractivity (Wildman–Crippen MR) is 123 cm³/mol. The highest BCUT2D eigenvalue weighted by Gasteiger charge is 2.54. The van der Waals surface area contributed by atoms with Crippen LogP contribution in [-0.2, 0) is 21.5 Å². The lowest BCUT2D eigenvalue weighted by molar-refractivity contribution is -0.134. The Morgan fingerprint density at radius 2 is 1.64 bits per heavy atom. The molecule has 7 nitrogen and oxygen atoms in total. The van der Waals surface area contributed by atoms with Crippen molar-refractivity contribution < 1.29 is 19.1 Å². The van der Waals surface area contributed by atoms with E-state index in [2.05, 4.69) is 10.6 Å². The van der Waals surface area contributed by atoms with Crippen LogP contribution < -0.4 is 15.4 Å². The zero-order valence-electron chi connectivity index (χ0n) is 17.9. The highest BCUT2D eigenvalue weighted by atomic mass is 16.5. The number of benzene rings is 3. The summed E-state index contributed by atoms with van der Waals surface area (Å²) in [6.45, 7) is -0.350. The van der Waals surface area contributed by atoms with Crippen LogP contribution in [0.5, 0.6) is 11.5 Å². The van der Waals surface area contributed by atoms with Crippen LogP contribution >= 0.6 is 0 Å². The van der Waals surface area contributed by atoms with Gasteiger partial charge in [0.15, 0.2) is 0 Å². The number of amides is 4. The summed E-state index contributed by atoms with van der Waals surface area (Å²) in [7, 11) is 0. The number of nitrogens with one attached hydrogen (secondary N) is 2. The Labute approximate surface area is 191 Å². The second kappa shape index (κ2) is 8.43. The van der Waals surface area contributed by atoms with Gasteiger partial charge in [-0.3, -0.25) is 14.5 Å². The molecular formula is C26H23N3O4. The molecule has 3 aromatic carbocycles. The molecule has 0 bridgehead atoms. The zero-order chi connectivity index (χ0) is 22.8. The van der Waals surface area contributed by atoms with Crippen LogP contribution in [0.2, 0.25) is 0 Å². The van der Waals surface area contributed by atoms with Gasteiger partial charge in [-0.25, -0.2) is 4.79 Å². The van der Waals surface area contributed by atoms with Crippen LogP contribution in [0, 0.1) is 0 Å². The van der Waals surface area contributed by atoms with Crippen LogP contribution in [0.3, 0.4) is 0 Å². The van der Waals surface area contributed by atoms with E-state index in [-0.39, 0.29) is 12.5 Å². The normalized spacial score (nSPS) is 19.2. The molecule has 3 aromatic rings. The lowest BCUT2D eigenvalue weighted by atomic mass is 9.76. The first-order valence-electron chi connectivity index (χ1n) is 10.9. The second-order valence-corrected chi connectivity index (χ2v) is 8.23. The third-order valence-corrected chi connectivity index (χ3v) is 6.07. The van der Waals surface area contributed by atoms with Crippen molar-refractivity contribution >= 4 is 23.5 Å². The zero-order valence-corrected chi connectivity index (χ0v) is 17.9. The van der Waals surface area contributed by atoms with Gasteiger partial charge in [0, 0.05) is 5.69 Å². The average Bonchev–Trinajstić information content (AvgIpc) is 3.06. The van der Waals surface area contributed by atoms with Crippen molar-refractivity contribution in [3.05, 3.63) is 90.0 Å². The SMILES string of the molecule is O=C(CN1C(=O)NC2(CCCc3ccccc32)C1=O)Nc1ccc(Oc2ccccc2)cc1. The molecule has 0 aromatic heterocycles. The Morgan fingerprint density at radius 1 is 0.939 bits per heavy atom. The molecule has 4 amide bonds. The number of carbonyl (C=O) groups excluding carboxylic acids is 3. The van der Waals surface area contributed by atoms with E-state index in [1.54, 1.807) is 24.3 Å².